The van der Waals surface area contributed by atoms with Gasteiger partial charge in [0.25, 0.3) is 0 Å². The molecule has 2 unspecified atom stereocenters. The van der Waals surface area contributed by atoms with Crippen LogP contribution in [-0.2, 0) is 6.42 Å². The molecular weight excluding hydrogens is 403 g/mol. The number of imidazole rings is 1. The molecule has 0 radical (unpaired) electrons. The van der Waals surface area contributed by atoms with Crippen molar-refractivity contribution in [3.05, 3.63) is 108 Å². The molecule has 0 amide bonds. The number of hydrogen-bond donors (Lipinski definition) is 0. The summed E-state index contributed by atoms with van der Waals surface area (Å²) in [7, 11) is 0. The van der Waals surface area contributed by atoms with Gasteiger partial charge >= 0.3 is 0 Å². The van der Waals surface area contributed by atoms with Crippen molar-refractivity contribution in [3.63, 3.8) is 0 Å². The summed E-state index contributed by atoms with van der Waals surface area (Å²) >= 11 is 0. The van der Waals surface area contributed by atoms with Crippen molar-refractivity contribution in [2.24, 2.45) is 0 Å². The lowest BCUT2D eigenvalue weighted by Crippen LogP contribution is -2.39. The van der Waals surface area contributed by atoms with Gasteiger partial charge < -0.3 is 9.47 Å². The predicted octanol–water partition coefficient (Wildman–Crippen LogP) is 4.62. The highest BCUT2D eigenvalue weighted by Crippen LogP contribution is 2.41. The Bertz CT molecular complexity index is 1360. The Labute approximate surface area is 184 Å². The van der Waals surface area contributed by atoms with Gasteiger partial charge in [-0.15, -0.1) is 5.10 Å². The highest BCUT2D eigenvalue weighted by molar-refractivity contribution is 5.74. The molecule has 3 heterocycles. The molecule has 0 aliphatic carbocycles. The second-order valence-electron chi connectivity index (χ2n) is 8.01. The van der Waals surface area contributed by atoms with E-state index >= 15 is 0 Å². The second-order valence-corrected chi connectivity index (χ2v) is 8.01. The Kier molecular flexibility index (Phi) is 4.45. The van der Waals surface area contributed by atoms with Gasteiger partial charge in [-0.2, -0.15) is 0 Å². The smallest absolute Gasteiger partial charge is 0.150 e. The van der Waals surface area contributed by atoms with E-state index in [4.69, 9.17) is 0 Å². The number of halogens is 1. The van der Waals surface area contributed by atoms with Crippen molar-refractivity contribution in [1.29, 1.82) is 0 Å². The summed E-state index contributed by atoms with van der Waals surface area (Å²) in [5.41, 5.74) is 5.26. The Balaban J connectivity index is 1.59. The molecule has 6 rings (SSSR count). The van der Waals surface area contributed by atoms with Crippen molar-refractivity contribution in [2.45, 2.75) is 18.6 Å². The van der Waals surface area contributed by atoms with Crippen LogP contribution in [0.4, 0.5) is 10.1 Å². The van der Waals surface area contributed by atoms with Gasteiger partial charge in [0.15, 0.2) is 6.17 Å². The lowest BCUT2D eigenvalue weighted by molar-refractivity contribution is 0.333. The molecule has 1 aliphatic rings. The number of anilines is 1. The van der Waals surface area contributed by atoms with Crippen LogP contribution in [0.15, 0.2) is 91.5 Å². The van der Waals surface area contributed by atoms with Crippen LogP contribution >= 0.6 is 0 Å². The van der Waals surface area contributed by atoms with E-state index in [1.807, 2.05) is 53.6 Å². The molecule has 0 fully saturated rings. The third-order valence-electron chi connectivity index (χ3n) is 6.21. The lowest BCUT2D eigenvalue weighted by atomic mass is 10.0. The summed E-state index contributed by atoms with van der Waals surface area (Å²) in [6.45, 7) is 0.852. The number of rotatable bonds is 5. The summed E-state index contributed by atoms with van der Waals surface area (Å²) in [6, 6.07) is 23.0. The van der Waals surface area contributed by atoms with Crippen LogP contribution in [0.1, 0.15) is 23.3 Å². The standard InChI is InChI=1S/C25H21FN6/c26-20-11-9-19(10-12-20)24(30-16-14-27-17-30)25(31-15-13-18-5-1-3-7-22(18)31)32-23-8-4-2-6-21(23)28-29-32/h1-12,14,16-17,24-25H,13,15H2. The summed E-state index contributed by atoms with van der Waals surface area (Å²) in [5, 5.41) is 9.04. The average molecular weight is 424 g/mol. The third-order valence-corrected chi connectivity index (χ3v) is 6.21. The molecule has 0 bridgehead atoms. The molecule has 6 nitrogen and oxygen atoms in total. The van der Waals surface area contributed by atoms with Crippen LogP contribution in [0.25, 0.3) is 11.0 Å². The molecule has 3 aromatic carbocycles. The maximum absolute atomic E-state index is 13.8. The van der Waals surface area contributed by atoms with E-state index in [9.17, 15) is 4.39 Å². The minimum absolute atomic E-state index is 0.200. The summed E-state index contributed by atoms with van der Waals surface area (Å²) in [4.78, 5) is 6.69. The molecule has 1 aliphatic heterocycles. The van der Waals surface area contributed by atoms with E-state index < -0.39 is 0 Å². The largest absolute Gasteiger partial charge is 0.347 e. The predicted molar refractivity (Wildman–Crippen MR) is 121 cm³/mol. The van der Waals surface area contributed by atoms with Gasteiger partial charge in [0.2, 0.25) is 0 Å². The molecule has 7 heteroatoms. The molecule has 158 valence electrons. The maximum atomic E-state index is 13.8. The normalized spacial score (nSPS) is 15.1. The molecule has 0 saturated carbocycles. The Morgan fingerprint density at radius 1 is 0.906 bits per heavy atom. The number of nitrogens with zero attached hydrogens (tertiary/aromatic N) is 6. The summed E-state index contributed by atoms with van der Waals surface area (Å²) in [6.07, 6.45) is 6.25. The van der Waals surface area contributed by atoms with Gasteiger partial charge in [-0.25, -0.2) is 14.1 Å². The van der Waals surface area contributed by atoms with E-state index in [1.54, 1.807) is 6.20 Å². The molecule has 2 atom stereocenters. The number of para-hydroxylation sites is 2. The first kappa shape index (κ1) is 18.7. The molecule has 0 spiro atoms. The van der Waals surface area contributed by atoms with Gasteiger partial charge in [0.1, 0.15) is 17.4 Å². The number of aromatic nitrogens is 5. The van der Waals surface area contributed by atoms with E-state index in [0.717, 1.165) is 29.6 Å². The second kappa shape index (κ2) is 7.60. The number of benzene rings is 3. The first-order chi connectivity index (χ1) is 15.8. The molecule has 32 heavy (non-hydrogen) atoms. The van der Waals surface area contributed by atoms with E-state index in [2.05, 4.69) is 49.0 Å². The van der Waals surface area contributed by atoms with Gasteiger partial charge in [0, 0.05) is 24.6 Å². The fourth-order valence-corrected chi connectivity index (χ4v) is 4.75. The fourth-order valence-electron chi connectivity index (χ4n) is 4.75. The topological polar surface area (TPSA) is 51.8 Å². The molecule has 2 aromatic heterocycles. The van der Waals surface area contributed by atoms with Crippen molar-refractivity contribution in [1.82, 2.24) is 24.5 Å². The Morgan fingerprint density at radius 2 is 1.72 bits per heavy atom. The summed E-state index contributed by atoms with van der Waals surface area (Å²) in [5.74, 6) is -0.257. The average Bonchev–Trinajstić information content (AvgIpc) is 3.58. The maximum Gasteiger partial charge on any atom is 0.150 e. The highest BCUT2D eigenvalue weighted by atomic mass is 19.1. The van der Waals surface area contributed by atoms with Crippen LogP contribution in [0, 0.1) is 5.82 Å². The van der Waals surface area contributed by atoms with Crippen LogP contribution in [0.2, 0.25) is 0 Å². The summed E-state index contributed by atoms with van der Waals surface area (Å²) < 4.78 is 17.9. The van der Waals surface area contributed by atoms with Crippen molar-refractivity contribution < 1.29 is 4.39 Å². The monoisotopic (exact) mass is 424 g/mol. The SMILES string of the molecule is Fc1ccc(C(C(N2CCc3ccccc32)n2nnc3ccccc32)n2ccnc2)cc1. The van der Waals surface area contributed by atoms with Gasteiger partial charge in [-0.1, -0.05) is 47.7 Å². The first-order valence-corrected chi connectivity index (χ1v) is 10.7. The number of hydrogen-bond acceptors (Lipinski definition) is 4. The lowest BCUT2D eigenvalue weighted by Gasteiger charge is -2.37. The molecule has 0 N–H and O–H groups in total. The van der Waals surface area contributed by atoms with Crippen molar-refractivity contribution >= 4 is 16.7 Å². The Hall–Kier alpha value is -4.00. The first-order valence-electron chi connectivity index (χ1n) is 10.7. The molecular formula is C25H21FN6. The number of fused-ring (bicyclic) bond motifs is 2. The van der Waals surface area contributed by atoms with Gasteiger partial charge in [-0.05, 0) is 47.9 Å². The van der Waals surface area contributed by atoms with Gasteiger partial charge in [0.05, 0.1) is 11.8 Å². The van der Waals surface area contributed by atoms with Gasteiger partial charge in [-0.3, -0.25) is 0 Å². The zero-order valence-corrected chi connectivity index (χ0v) is 17.3. The van der Waals surface area contributed by atoms with Crippen molar-refractivity contribution in [2.75, 3.05) is 11.4 Å². The Morgan fingerprint density at radius 3 is 2.56 bits per heavy atom. The van der Waals surface area contributed by atoms with Crippen LogP contribution < -0.4 is 4.90 Å². The quantitative estimate of drug-likeness (QED) is 0.413. The minimum Gasteiger partial charge on any atom is -0.347 e. The van der Waals surface area contributed by atoms with E-state index in [-0.39, 0.29) is 18.0 Å². The van der Waals surface area contributed by atoms with Crippen LogP contribution in [0.3, 0.4) is 0 Å². The molecule has 0 saturated heterocycles. The highest BCUT2D eigenvalue weighted by Gasteiger charge is 2.36. The van der Waals surface area contributed by atoms with Crippen LogP contribution in [0.5, 0.6) is 0 Å². The fraction of sp³-hybridized carbons (Fsp3) is 0.160. The van der Waals surface area contributed by atoms with Crippen molar-refractivity contribution in [3.8, 4) is 0 Å². The minimum atomic E-state index is -0.257. The zero-order valence-electron chi connectivity index (χ0n) is 17.3. The zero-order chi connectivity index (χ0) is 21.5. The van der Waals surface area contributed by atoms with E-state index in [1.165, 1.54) is 23.4 Å². The third kappa shape index (κ3) is 3.05. The van der Waals surface area contributed by atoms with Crippen LogP contribution in [-0.4, -0.2) is 31.1 Å². The molecule has 5 aromatic rings. The van der Waals surface area contributed by atoms with E-state index in [0.29, 0.717) is 0 Å².